The van der Waals surface area contributed by atoms with Gasteiger partial charge in [-0.2, -0.15) is 0 Å². The molecule has 1 aliphatic rings. The highest BCUT2D eigenvalue weighted by atomic mass is 16.5. The highest BCUT2D eigenvalue weighted by molar-refractivity contribution is 5.82. The minimum Gasteiger partial charge on any atom is -0.372 e. The van der Waals surface area contributed by atoms with Crippen molar-refractivity contribution in [1.29, 1.82) is 0 Å². The van der Waals surface area contributed by atoms with Crippen LogP contribution in [0.1, 0.15) is 19.4 Å². The van der Waals surface area contributed by atoms with E-state index in [9.17, 15) is 4.79 Å². The summed E-state index contributed by atoms with van der Waals surface area (Å²) in [7, 11) is 0. The second-order valence-electron chi connectivity index (χ2n) is 5.66. The number of benzene rings is 1. The Balaban J connectivity index is 1.95. The van der Waals surface area contributed by atoms with Crippen LogP contribution in [0.3, 0.4) is 0 Å². The molecule has 1 atom stereocenters. The van der Waals surface area contributed by atoms with Crippen molar-refractivity contribution >= 4 is 5.91 Å². The summed E-state index contributed by atoms with van der Waals surface area (Å²) in [5.41, 5.74) is 6.85. The van der Waals surface area contributed by atoms with Crippen LogP contribution in [-0.2, 0) is 16.0 Å². The van der Waals surface area contributed by atoms with Crippen LogP contribution in [0.5, 0.6) is 0 Å². The van der Waals surface area contributed by atoms with Gasteiger partial charge < -0.3 is 15.4 Å². The average Bonchev–Trinajstić information content (AvgIpc) is 2.38. The molecule has 1 aromatic carbocycles. The fourth-order valence-corrected chi connectivity index (χ4v) is 2.39. The van der Waals surface area contributed by atoms with Crippen LogP contribution in [0.2, 0.25) is 0 Å². The number of carbonyl (C=O) groups excluding carboxylic acids is 1. The van der Waals surface area contributed by atoms with Crippen molar-refractivity contribution in [2.75, 3.05) is 19.7 Å². The predicted molar refractivity (Wildman–Crippen MR) is 74.7 cm³/mol. The number of hydrogen-bond acceptors (Lipinski definition) is 3. The van der Waals surface area contributed by atoms with Gasteiger partial charge in [0.1, 0.15) is 0 Å². The van der Waals surface area contributed by atoms with Crippen LogP contribution < -0.4 is 5.73 Å². The van der Waals surface area contributed by atoms with Gasteiger partial charge in [-0.25, -0.2) is 0 Å². The minimum absolute atomic E-state index is 0.0141. The molecular weight excluding hydrogens is 240 g/mol. The second kappa shape index (κ2) is 5.72. The van der Waals surface area contributed by atoms with E-state index in [2.05, 4.69) is 0 Å². The molecule has 0 aliphatic carbocycles. The number of nitrogens with two attached hydrogens (primary N) is 1. The number of carbonyl (C=O) groups is 1. The molecule has 0 aromatic heterocycles. The lowest BCUT2D eigenvalue weighted by atomic mass is 10.0. The smallest absolute Gasteiger partial charge is 0.240 e. The fourth-order valence-electron chi connectivity index (χ4n) is 2.39. The number of hydrogen-bond donors (Lipinski definition) is 1. The normalized spacial score (nSPS) is 20.1. The lowest BCUT2D eigenvalue weighted by Gasteiger charge is -2.39. The Morgan fingerprint density at radius 3 is 2.74 bits per heavy atom. The summed E-state index contributed by atoms with van der Waals surface area (Å²) in [5.74, 6) is 0.0141. The van der Waals surface area contributed by atoms with Gasteiger partial charge in [0.2, 0.25) is 5.91 Å². The molecule has 19 heavy (non-hydrogen) atoms. The van der Waals surface area contributed by atoms with E-state index in [4.69, 9.17) is 10.5 Å². The first kappa shape index (κ1) is 14.0. The van der Waals surface area contributed by atoms with Crippen molar-refractivity contribution in [3.8, 4) is 0 Å². The van der Waals surface area contributed by atoms with Crippen molar-refractivity contribution in [2.45, 2.75) is 31.9 Å². The van der Waals surface area contributed by atoms with E-state index < -0.39 is 6.04 Å². The van der Waals surface area contributed by atoms with Crippen molar-refractivity contribution in [3.05, 3.63) is 35.9 Å². The van der Waals surface area contributed by atoms with Gasteiger partial charge in [0, 0.05) is 13.1 Å². The molecule has 4 nitrogen and oxygen atoms in total. The van der Waals surface area contributed by atoms with E-state index in [1.807, 2.05) is 49.1 Å². The third-order valence-corrected chi connectivity index (χ3v) is 3.35. The van der Waals surface area contributed by atoms with E-state index in [0.29, 0.717) is 26.1 Å². The summed E-state index contributed by atoms with van der Waals surface area (Å²) in [6, 6.07) is 9.40. The number of nitrogens with zero attached hydrogens (tertiary/aromatic N) is 1. The van der Waals surface area contributed by atoms with E-state index in [1.165, 1.54) is 0 Å². The summed E-state index contributed by atoms with van der Waals surface area (Å²) in [6.45, 7) is 5.81. The SMILES string of the molecule is CC1(C)CN(C(=O)[C@@H](N)Cc2ccccc2)CCO1. The van der Waals surface area contributed by atoms with Crippen molar-refractivity contribution in [1.82, 2.24) is 4.90 Å². The minimum atomic E-state index is -0.476. The first-order valence-corrected chi connectivity index (χ1v) is 6.70. The summed E-state index contributed by atoms with van der Waals surface area (Å²) < 4.78 is 5.61. The third-order valence-electron chi connectivity index (χ3n) is 3.35. The maximum atomic E-state index is 12.3. The van der Waals surface area contributed by atoms with Gasteiger partial charge in [0.05, 0.1) is 18.2 Å². The zero-order valence-corrected chi connectivity index (χ0v) is 11.6. The largest absolute Gasteiger partial charge is 0.372 e. The van der Waals surface area contributed by atoms with Gasteiger partial charge in [-0.3, -0.25) is 4.79 Å². The second-order valence-corrected chi connectivity index (χ2v) is 5.66. The van der Waals surface area contributed by atoms with Crippen LogP contribution >= 0.6 is 0 Å². The summed E-state index contributed by atoms with van der Waals surface area (Å²) in [4.78, 5) is 14.2. The van der Waals surface area contributed by atoms with Crippen LogP contribution in [0, 0.1) is 0 Å². The number of morpholine rings is 1. The molecule has 0 spiro atoms. The highest BCUT2D eigenvalue weighted by Gasteiger charge is 2.31. The van der Waals surface area contributed by atoms with Gasteiger partial charge in [0.15, 0.2) is 0 Å². The van der Waals surface area contributed by atoms with Gasteiger partial charge in [-0.1, -0.05) is 30.3 Å². The maximum absolute atomic E-state index is 12.3. The Morgan fingerprint density at radius 2 is 2.11 bits per heavy atom. The Hall–Kier alpha value is -1.39. The molecule has 1 aliphatic heterocycles. The van der Waals surface area contributed by atoms with E-state index in [0.717, 1.165) is 5.56 Å². The van der Waals surface area contributed by atoms with E-state index in [-0.39, 0.29) is 11.5 Å². The Kier molecular flexibility index (Phi) is 4.22. The van der Waals surface area contributed by atoms with Crippen molar-refractivity contribution < 1.29 is 9.53 Å². The molecular formula is C15H22N2O2. The Morgan fingerprint density at radius 1 is 1.42 bits per heavy atom. The molecule has 0 unspecified atom stereocenters. The fraction of sp³-hybridized carbons (Fsp3) is 0.533. The first-order valence-electron chi connectivity index (χ1n) is 6.70. The molecule has 1 amide bonds. The standard InChI is InChI=1S/C15H22N2O2/c1-15(2)11-17(8-9-19-15)14(18)13(16)10-12-6-4-3-5-7-12/h3-7,13H,8-11,16H2,1-2H3/t13-/m0/s1. The summed E-state index contributed by atoms with van der Waals surface area (Å²) in [6.07, 6.45) is 0.581. The first-order chi connectivity index (χ1) is 8.98. The van der Waals surface area contributed by atoms with Gasteiger partial charge in [-0.15, -0.1) is 0 Å². The quantitative estimate of drug-likeness (QED) is 0.890. The molecule has 104 valence electrons. The third kappa shape index (κ3) is 3.78. The van der Waals surface area contributed by atoms with Crippen LogP contribution in [0.25, 0.3) is 0 Å². The average molecular weight is 262 g/mol. The lowest BCUT2D eigenvalue weighted by molar-refractivity contribution is -0.147. The predicted octanol–water partition coefficient (Wildman–Crippen LogP) is 1.19. The zero-order chi connectivity index (χ0) is 13.9. The van der Waals surface area contributed by atoms with Crippen LogP contribution in [-0.4, -0.2) is 42.1 Å². The monoisotopic (exact) mass is 262 g/mol. The molecule has 2 rings (SSSR count). The zero-order valence-electron chi connectivity index (χ0n) is 11.6. The summed E-state index contributed by atoms with van der Waals surface area (Å²) in [5, 5.41) is 0. The number of rotatable bonds is 3. The van der Waals surface area contributed by atoms with E-state index >= 15 is 0 Å². The molecule has 1 aromatic rings. The number of ether oxygens (including phenoxy) is 1. The molecule has 0 radical (unpaired) electrons. The Bertz CT molecular complexity index is 431. The molecule has 0 saturated carbocycles. The number of amides is 1. The van der Waals surface area contributed by atoms with Gasteiger partial charge in [-0.05, 0) is 25.8 Å². The highest BCUT2D eigenvalue weighted by Crippen LogP contribution is 2.17. The van der Waals surface area contributed by atoms with Crippen LogP contribution in [0.4, 0.5) is 0 Å². The molecule has 1 fully saturated rings. The van der Waals surface area contributed by atoms with E-state index in [1.54, 1.807) is 0 Å². The Labute approximate surface area is 114 Å². The molecule has 0 bridgehead atoms. The maximum Gasteiger partial charge on any atom is 0.240 e. The van der Waals surface area contributed by atoms with Gasteiger partial charge >= 0.3 is 0 Å². The summed E-state index contributed by atoms with van der Waals surface area (Å²) >= 11 is 0. The van der Waals surface area contributed by atoms with Crippen molar-refractivity contribution in [3.63, 3.8) is 0 Å². The topological polar surface area (TPSA) is 55.6 Å². The molecule has 1 heterocycles. The van der Waals surface area contributed by atoms with Gasteiger partial charge in [0.25, 0.3) is 0 Å². The molecule has 2 N–H and O–H groups in total. The van der Waals surface area contributed by atoms with Crippen LogP contribution in [0.15, 0.2) is 30.3 Å². The lowest BCUT2D eigenvalue weighted by Crippen LogP contribution is -2.55. The molecule has 1 saturated heterocycles. The molecule has 4 heteroatoms. The van der Waals surface area contributed by atoms with Crippen molar-refractivity contribution in [2.24, 2.45) is 5.73 Å².